The number of nitrogens with zero attached hydrogens (tertiary/aromatic N) is 3. The summed E-state index contributed by atoms with van der Waals surface area (Å²) in [6.07, 6.45) is 2.68. The Hall–Kier alpha value is -0.850. The van der Waals surface area contributed by atoms with Gasteiger partial charge in [0.15, 0.2) is 5.96 Å². The molecule has 0 amide bonds. The zero-order chi connectivity index (χ0) is 17.4. The Labute approximate surface area is 148 Å². The molecule has 0 saturated carbocycles. The molecule has 2 N–H and O–H groups in total. The van der Waals surface area contributed by atoms with Crippen molar-refractivity contribution < 1.29 is 4.74 Å². The van der Waals surface area contributed by atoms with Gasteiger partial charge in [0.2, 0.25) is 0 Å². The summed E-state index contributed by atoms with van der Waals surface area (Å²) in [5.41, 5.74) is 0.149. The highest BCUT2D eigenvalue weighted by Gasteiger charge is 2.30. The van der Waals surface area contributed by atoms with Crippen LogP contribution >= 0.6 is 0 Å². The van der Waals surface area contributed by atoms with E-state index in [9.17, 15) is 0 Å². The Bertz CT molecular complexity index is 393. The van der Waals surface area contributed by atoms with E-state index in [-0.39, 0.29) is 5.54 Å². The van der Waals surface area contributed by atoms with Crippen molar-refractivity contribution in [2.75, 3.05) is 66.1 Å². The first-order valence-corrected chi connectivity index (χ1v) is 9.51. The van der Waals surface area contributed by atoms with Gasteiger partial charge in [-0.15, -0.1) is 0 Å². The van der Waals surface area contributed by atoms with Crippen LogP contribution in [0.25, 0.3) is 0 Å². The molecule has 2 saturated heterocycles. The second kappa shape index (κ2) is 9.59. The molecule has 0 aromatic rings. The first kappa shape index (κ1) is 19.5. The van der Waals surface area contributed by atoms with E-state index in [0.717, 1.165) is 57.8 Å². The Morgan fingerprint density at radius 3 is 2.62 bits per heavy atom. The maximum atomic E-state index is 5.39. The van der Waals surface area contributed by atoms with Crippen LogP contribution in [0.3, 0.4) is 0 Å². The average Bonchev–Trinajstić information content (AvgIpc) is 2.59. The fourth-order valence-electron chi connectivity index (χ4n) is 3.53. The maximum Gasteiger partial charge on any atom is 0.191 e. The Balaban J connectivity index is 1.69. The van der Waals surface area contributed by atoms with Crippen LogP contribution in [0.4, 0.5) is 0 Å². The average molecular weight is 340 g/mol. The quantitative estimate of drug-likeness (QED) is 0.558. The smallest absolute Gasteiger partial charge is 0.191 e. The summed E-state index contributed by atoms with van der Waals surface area (Å²) >= 11 is 0. The van der Waals surface area contributed by atoms with Crippen molar-refractivity contribution in [3.05, 3.63) is 0 Å². The summed E-state index contributed by atoms with van der Waals surface area (Å²) in [6.45, 7) is 16.1. The minimum Gasteiger partial charge on any atom is -0.379 e. The van der Waals surface area contributed by atoms with Crippen molar-refractivity contribution >= 4 is 5.96 Å². The van der Waals surface area contributed by atoms with Crippen LogP contribution in [0.2, 0.25) is 0 Å². The SMILES string of the molecule is CN=C(NCCN1CCOCC1)NCC(C)(C)N1CCCC(C)C1. The van der Waals surface area contributed by atoms with Gasteiger partial charge in [0, 0.05) is 51.9 Å². The third kappa shape index (κ3) is 6.22. The van der Waals surface area contributed by atoms with Crippen molar-refractivity contribution in [1.29, 1.82) is 0 Å². The maximum absolute atomic E-state index is 5.39. The molecule has 140 valence electrons. The van der Waals surface area contributed by atoms with Gasteiger partial charge in [0.25, 0.3) is 0 Å². The van der Waals surface area contributed by atoms with E-state index in [1.54, 1.807) is 0 Å². The number of likely N-dealkylation sites (tertiary alicyclic amines) is 1. The molecule has 2 aliphatic heterocycles. The number of morpholine rings is 1. The van der Waals surface area contributed by atoms with E-state index in [1.165, 1.54) is 25.9 Å². The minimum absolute atomic E-state index is 0.149. The molecule has 1 unspecified atom stereocenters. The molecule has 0 bridgehead atoms. The summed E-state index contributed by atoms with van der Waals surface area (Å²) in [6, 6.07) is 0. The molecule has 24 heavy (non-hydrogen) atoms. The fourth-order valence-corrected chi connectivity index (χ4v) is 3.53. The van der Waals surface area contributed by atoms with Gasteiger partial charge in [0.1, 0.15) is 0 Å². The van der Waals surface area contributed by atoms with Gasteiger partial charge >= 0.3 is 0 Å². The lowest BCUT2D eigenvalue weighted by Gasteiger charge is -2.43. The molecular weight excluding hydrogens is 302 g/mol. The third-order valence-corrected chi connectivity index (χ3v) is 5.25. The molecule has 0 radical (unpaired) electrons. The van der Waals surface area contributed by atoms with Crippen LogP contribution in [0, 0.1) is 5.92 Å². The molecule has 2 heterocycles. The van der Waals surface area contributed by atoms with Gasteiger partial charge in [-0.05, 0) is 39.2 Å². The molecule has 2 fully saturated rings. The lowest BCUT2D eigenvalue weighted by Crippen LogP contribution is -2.56. The van der Waals surface area contributed by atoms with Gasteiger partial charge in [-0.2, -0.15) is 0 Å². The van der Waals surface area contributed by atoms with Crippen LogP contribution < -0.4 is 10.6 Å². The van der Waals surface area contributed by atoms with Gasteiger partial charge in [0.05, 0.1) is 13.2 Å². The normalized spacial score (nSPS) is 24.8. The van der Waals surface area contributed by atoms with Crippen LogP contribution in [0.5, 0.6) is 0 Å². The Morgan fingerprint density at radius 1 is 1.21 bits per heavy atom. The zero-order valence-corrected chi connectivity index (χ0v) is 16.1. The predicted molar refractivity (Wildman–Crippen MR) is 101 cm³/mol. The van der Waals surface area contributed by atoms with E-state index in [2.05, 4.69) is 46.2 Å². The van der Waals surface area contributed by atoms with Crippen molar-refractivity contribution in [3.8, 4) is 0 Å². The van der Waals surface area contributed by atoms with Crippen LogP contribution in [-0.4, -0.2) is 87.4 Å². The molecule has 1 atom stereocenters. The second-order valence-corrected chi connectivity index (χ2v) is 7.81. The highest BCUT2D eigenvalue weighted by Crippen LogP contribution is 2.23. The summed E-state index contributed by atoms with van der Waals surface area (Å²) in [5, 5.41) is 6.95. The fraction of sp³-hybridized carbons (Fsp3) is 0.944. The van der Waals surface area contributed by atoms with E-state index in [0.29, 0.717) is 0 Å². The third-order valence-electron chi connectivity index (χ3n) is 5.25. The molecule has 2 aliphatic rings. The lowest BCUT2D eigenvalue weighted by molar-refractivity contribution is 0.0389. The number of nitrogens with one attached hydrogen (secondary N) is 2. The van der Waals surface area contributed by atoms with Crippen molar-refractivity contribution in [1.82, 2.24) is 20.4 Å². The van der Waals surface area contributed by atoms with Gasteiger partial charge in [-0.3, -0.25) is 14.8 Å². The van der Waals surface area contributed by atoms with Crippen molar-refractivity contribution in [2.24, 2.45) is 10.9 Å². The van der Waals surface area contributed by atoms with Gasteiger partial charge in [-0.25, -0.2) is 0 Å². The Morgan fingerprint density at radius 2 is 1.96 bits per heavy atom. The summed E-state index contributed by atoms with van der Waals surface area (Å²) in [7, 11) is 1.85. The summed E-state index contributed by atoms with van der Waals surface area (Å²) in [5.74, 6) is 1.71. The number of guanidine groups is 1. The van der Waals surface area contributed by atoms with E-state index < -0.39 is 0 Å². The Kier molecular flexibility index (Phi) is 7.78. The molecule has 2 rings (SSSR count). The monoisotopic (exact) mass is 339 g/mol. The molecular formula is C18H37N5O. The van der Waals surface area contributed by atoms with E-state index in [4.69, 9.17) is 4.74 Å². The van der Waals surface area contributed by atoms with Crippen molar-refractivity contribution in [3.63, 3.8) is 0 Å². The standard InChI is InChI=1S/C18H37N5O/c1-16-6-5-8-23(14-16)18(2,3)15-21-17(19-4)20-7-9-22-10-12-24-13-11-22/h16H,5-15H2,1-4H3,(H2,19,20,21). The van der Waals surface area contributed by atoms with Gasteiger partial charge in [-0.1, -0.05) is 6.92 Å². The van der Waals surface area contributed by atoms with Crippen LogP contribution in [0.1, 0.15) is 33.6 Å². The number of rotatable bonds is 6. The number of hydrogen-bond acceptors (Lipinski definition) is 4. The lowest BCUT2D eigenvalue weighted by atomic mass is 9.93. The first-order chi connectivity index (χ1) is 11.5. The largest absolute Gasteiger partial charge is 0.379 e. The summed E-state index contributed by atoms with van der Waals surface area (Å²) in [4.78, 5) is 9.42. The van der Waals surface area contributed by atoms with E-state index in [1.807, 2.05) is 7.05 Å². The number of piperidine rings is 1. The summed E-state index contributed by atoms with van der Waals surface area (Å²) < 4.78 is 5.39. The molecule has 6 nitrogen and oxygen atoms in total. The number of hydrogen-bond donors (Lipinski definition) is 2. The number of ether oxygens (including phenoxy) is 1. The highest BCUT2D eigenvalue weighted by atomic mass is 16.5. The van der Waals surface area contributed by atoms with E-state index >= 15 is 0 Å². The zero-order valence-electron chi connectivity index (χ0n) is 16.1. The molecule has 0 aromatic heterocycles. The van der Waals surface area contributed by atoms with Crippen LogP contribution in [0.15, 0.2) is 4.99 Å². The first-order valence-electron chi connectivity index (χ1n) is 9.51. The molecule has 0 spiro atoms. The topological polar surface area (TPSA) is 52.1 Å². The molecule has 0 aliphatic carbocycles. The van der Waals surface area contributed by atoms with Crippen LogP contribution in [-0.2, 0) is 4.74 Å². The highest BCUT2D eigenvalue weighted by molar-refractivity contribution is 5.79. The molecule has 6 heteroatoms. The van der Waals surface area contributed by atoms with Crippen molar-refractivity contribution in [2.45, 2.75) is 39.2 Å². The number of aliphatic imine (C=N–C) groups is 1. The van der Waals surface area contributed by atoms with Gasteiger partial charge < -0.3 is 15.4 Å². The second-order valence-electron chi connectivity index (χ2n) is 7.81. The molecule has 0 aromatic carbocycles. The predicted octanol–water partition coefficient (Wildman–Crippen LogP) is 0.994. The minimum atomic E-state index is 0.149.